The molecule has 33 heavy (non-hydrogen) atoms. The summed E-state index contributed by atoms with van der Waals surface area (Å²) in [5.74, 6) is 0.538. The van der Waals surface area contributed by atoms with E-state index in [1.807, 2.05) is 24.3 Å². The first-order valence-electron chi connectivity index (χ1n) is 12.1. The summed E-state index contributed by atoms with van der Waals surface area (Å²) in [6, 6.07) is 11.8. The van der Waals surface area contributed by atoms with Gasteiger partial charge >= 0.3 is 0 Å². The molecule has 1 fully saturated rings. The van der Waals surface area contributed by atoms with Gasteiger partial charge in [-0.05, 0) is 71.6 Å². The number of piperidine rings is 1. The van der Waals surface area contributed by atoms with Crippen LogP contribution in [0.5, 0.6) is 0 Å². The van der Waals surface area contributed by atoms with E-state index in [0.717, 1.165) is 42.7 Å². The molecule has 5 nitrogen and oxygen atoms in total. The predicted molar refractivity (Wildman–Crippen MR) is 138 cm³/mol. The van der Waals surface area contributed by atoms with Crippen LogP contribution in [0.25, 0.3) is 0 Å². The van der Waals surface area contributed by atoms with Gasteiger partial charge in [0.2, 0.25) is 0 Å². The van der Waals surface area contributed by atoms with Crippen LogP contribution >= 0.6 is 0 Å². The smallest absolute Gasteiger partial charge is 0.262 e. The molecule has 2 aromatic rings. The van der Waals surface area contributed by atoms with Crippen LogP contribution in [-0.2, 0) is 14.8 Å². The second-order valence-electron chi connectivity index (χ2n) is 10.1. The maximum atomic E-state index is 13.7. The second-order valence-corrected chi connectivity index (χ2v) is 11.7. The minimum Gasteiger partial charge on any atom is -0.380 e. The Morgan fingerprint density at radius 1 is 0.939 bits per heavy atom. The van der Waals surface area contributed by atoms with Crippen molar-refractivity contribution in [3.8, 4) is 0 Å². The van der Waals surface area contributed by atoms with Crippen molar-refractivity contribution in [1.29, 1.82) is 0 Å². The largest absolute Gasteiger partial charge is 0.380 e. The number of methoxy groups -OCH3 is 1. The standard InChI is InChI=1S/C27H40N2O3S/c1-18(2)21-15-25(19(3)4)27(26(16-21)20(5)6)33(30,31)28-22-10-12-23(13-11-22)29-14-8-9-24(17-29)32-7/h10-13,15-16,18-20,24,28H,8-9,14,17H2,1-7H3. The summed E-state index contributed by atoms with van der Waals surface area (Å²) in [6.45, 7) is 14.4. The Hall–Kier alpha value is -2.05. The Morgan fingerprint density at radius 3 is 2.00 bits per heavy atom. The predicted octanol–water partition coefficient (Wildman–Crippen LogP) is 6.47. The lowest BCUT2D eigenvalue weighted by Crippen LogP contribution is -2.39. The number of hydrogen-bond donors (Lipinski definition) is 1. The van der Waals surface area contributed by atoms with Gasteiger partial charge in [-0.15, -0.1) is 0 Å². The zero-order valence-electron chi connectivity index (χ0n) is 21.2. The molecule has 1 unspecified atom stereocenters. The lowest BCUT2D eigenvalue weighted by molar-refractivity contribution is 0.0893. The number of sulfonamides is 1. The van der Waals surface area contributed by atoms with Crippen molar-refractivity contribution in [1.82, 2.24) is 0 Å². The summed E-state index contributed by atoms with van der Waals surface area (Å²) in [7, 11) is -1.98. The lowest BCUT2D eigenvalue weighted by atomic mass is 9.89. The van der Waals surface area contributed by atoms with Crippen molar-refractivity contribution in [3.05, 3.63) is 53.1 Å². The molecule has 1 N–H and O–H groups in total. The molecule has 3 rings (SSSR count). The van der Waals surface area contributed by atoms with Gasteiger partial charge in [0, 0.05) is 31.6 Å². The van der Waals surface area contributed by atoms with Crippen molar-refractivity contribution in [2.45, 2.75) is 83.1 Å². The molecule has 0 aromatic heterocycles. The monoisotopic (exact) mass is 472 g/mol. The normalized spacial score (nSPS) is 17.3. The highest BCUT2D eigenvalue weighted by atomic mass is 32.2. The van der Waals surface area contributed by atoms with Gasteiger partial charge in [0.05, 0.1) is 11.0 Å². The molecule has 0 amide bonds. The number of nitrogens with one attached hydrogen (secondary N) is 1. The van der Waals surface area contributed by atoms with E-state index in [0.29, 0.717) is 16.5 Å². The van der Waals surface area contributed by atoms with Crippen LogP contribution in [0.2, 0.25) is 0 Å². The Labute approximate surface area is 200 Å². The molecular formula is C27H40N2O3S. The third-order valence-corrected chi connectivity index (χ3v) is 8.06. The number of ether oxygens (including phenoxy) is 1. The van der Waals surface area contributed by atoms with Crippen molar-refractivity contribution >= 4 is 21.4 Å². The van der Waals surface area contributed by atoms with Crippen molar-refractivity contribution < 1.29 is 13.2 Å². The summed E-state index contributed by atoms with van der Waals surface area (Å²) >= 11 is 0. The minimum atomic E-state index is -3.74. The van der Waals surface area contributed by atoms with Crippen molar-refractivity contribution in [2.75, 3.05) is 29.8 Å². The summed E-state index contributed by atoms with van der Waals surface area (Å²) < 4.78 is 35.7. The molecule has 2 aromatic carbocycles. The van der Waals surface area contributed by atoms with Crippen LogP contribution in [-0.4, -0.2) is 34.7 Å². The number of nitrogens with zero attached hydrogens (tertiary/aromatic N) is 1. The van der Waals surface area contributed by atoms with Gasteiger partial charge in [-0.2, -0.15) is 0 Å². The van der Waals surface area contributed by atoms with E-state index in [1.165, 1.54) is 5.56 Å². The fourth-order valence-electron chi connectivity index (χ4n) is 4.51. The average molecular weight is 473 g/mol. The highest BCUT2D eigenvalue weighted by Gasteiger charge is 2.27. The number of benzene rings is 2. The molecule has 0 radical (unpaired) electrons. The van der Waals surface area contributed by atoms with Crippen molar-refractivity contribution in [2.24, 2.45) is 0 Å². The molecule has 1 aliphatic heterocycles. The minimum absolute atomic E-state index is 0.1000. The molecular weight excluding hydrogens is 432 g/mol. The van der Waals surface area contributed by atoms with E-state index < -0.39 is 10.0 Å². The maximum absolute atomic E-state index is 13.7. The van der Waals surface area contributed by atoms with E-state index in [9.17, 15) is 8.42 Å². The Balaban J connectivity index is 1.93. The molecule has 0 aliphatic carbocycles. The number of anilines is 2. The van der Waals surface area contributed by atoms with Gasteiger partial charge in [-0.1, -0.05) is 53.7 Å². The highest BCUT2D eigenvalue weighted by Crippen LogP contribution is 2.36. The van der Waals surface area contributed by atoms with Crippen LogP contribution < -0.4 is 9.62 Å². The lowest BCUT2D eigenvalue weighted by Gasteiger charge is -2.33. The second kappa shape index (κ2) is 10.5. The molecule has 1 heterocycles. The van der Waals surface area contributed by atoms with E-state index in [1.54, 1.807) is 7.11 Å². The Kier molecular flexibility index (Phi) is 8.12. The van der Waals surface area contributed by atoms with Gasteiger partial charge in [0.25, 0.3) is 10.0 Å². The van der Waals surface area contributed by atoms with E-state index in [-0.39, 0.29) is 17.9 Å². The first-order chi connectivity index (χ1) is 15.5. The molecule has 0 saturated carbocycles. The zero-order valence-corrected chi connectivity index (χ0v) is 22.0. The van der Waals surface area contributed by atoms with Gasteiger partial charge in [-0.3, -0.25) is 4.72 Å². The Morgan fingerprint density at radius 2 is 1.52 bits per heavy atom. The average Bonchev–Trinajstić information content (AvgIpc) is 2.78. The molecule has 1 aliphatic rings. The quantitative estimate of drug-likeness (QED) is 0.478. The fraction of sp³-hybridized carbons (Fsp3) is 0.556. The molecule has 0 bridgehead atoms. The molecule has 1 saturated heterocycles. The topological polar surface area (TPSA) is 58.6 Å². The highest BCUT2D eigenvalue weighted by molar-refractivity contribution is 7.92. The Bertz CT molecular complexity index is 1010. The number of rotatable bonds is 8. The fourth-order valence-corrected chi connectivity index (χ4v) is 6.27. The summed E-state index contributed by atoms with van der Waals surface area (Å²) in [6.07, 6.45) is 2.42. The van der Waals surface area contributed by atoms with Gasteiger partial charge in [-0.25, -0.2) is 8.42 Å². The van der Waals surface area contributed by atoms with E-state index >= 15 is 0 Å². The first kappa shape index (κ1) is 25.6. The molecule has 6 heteroatoms. The van der Waals surface area contributed by atoms with E-state index in [4.69, 9.17) is 4.74 Å². The van der Waals surface area contributed by atoms with Crippen LogP contribution in [0.15, 0.2) is 41.3 Å². The van der Waals surface area contributed by atoms with Crippen LogP contribution in [0, 0.1) is 0 Å². The van der Waals surface area contributed by atoms with Crippen LogP contribution in [0.1, 0.15) is 88.8 Å². The summed E-state index contributed by atoms with van der Waals surface area (Å²) in [5.41, 5.74) is 4.62. The molecule has 0 spiro atoms. The van der Waals surface area contributed by atoms with Gasteiger partial charge < -0.3 is 9.64 Å². The SMILES string of the molecule is COC1CCCN(c2ccc(NS(=O)(=O)c3c(C(C)C)cc(C(C)C)cc3C(C)C)cc2)C1. The van der Waals surface area contributed by atoms with Crippen LogP contribution in [0.4, 0.5) is 11.4 Å². The summed E-state index contributed by atoms with van der Waals surface area (Å²) in [4.78, 5) is 2.73. The number of hydrogen-bond acceptors (Lipinski definition) is 4. The van der Waals surface area contributed by atoms with Gasteiger partial charge in [0.15, 0.2) is 0 Å². The van der Waals surface area contributed by atoms with Crippen LogP contribution in [0.3, 0.4) is 0 Å². The third-order valence-electron chi connectivity index (χ3n) is 6.54. The molecule has 182 valence electrons. The zero-order chi connectivity index (χ0) is 24.3. The summed E-state index contributed by atoms with van der Waals surface area (Å²) in [5, 5.41) is 0. The third kappa shape index (κ3) is 5.90. The van der Waals surface area contributed by atoms with Gasteiger partial charge in [0.1, 0.15) is 0 Å². The molecule has 1 atom stereocenters. The van der Waals surface area contributed by atoms with Crippen molar-refractivity contribution in [3.63, 3.8) is 0 Å². The van der Waals surface area contributed by atoms with E-state index in [2.05, 4.69) is 63.3 Å². The maximum Gasteiger partial charge on any atom is 0.262 e. The first-order valence-corrected chi connectivity index (χ1v) is 13.6.